The summed E-state index contributed by atoms with van der Waals surface area (Å²) in [5.74, 6) is -4.84. The van der Waals surface area contributed by atoms with Crippen molar-refractivity contribution >= 4 is 57.5 Å². The first-order chi connectivity index (χ1) is 31.9. The average Bonchev–Trinajstić information content (AvgIpc) is 4.07. The molecule has 0 N–H and O–H groups in total. The lowest BCUT2D eigenvalue weighted by molar-refractivity contribution is 0.0203. The molecule has 6 aliphatic rings. The molecule has 2 aliphatic heterocycles. The van der Waals surface area contributed by atoms with Gasteiger partial charge >= 0.3 is 0 Å². The number of thiophene rings is 2. The van der Waals surface area contributed by atoms with Crippen LogP contribution in [0.2, 0.25) is 0 Å². The van der Waals surface area contributed by atoms with Crippen molar-refractivity contribution in [2.75, 3.05) is 0 Å². The van der Waals surface area contributed by atoms with Gasteiger partial charge in [0.25, 0.3) is 11.4 Å². The predicted octanol–water partition coefficient (Wildman–Crippen LogP) is 13.7. The first-order valence-electron chi connectivity index (χ1n) is 21.3. The molecule has 4 aliphatic carbocycles. The van der Waals surface area contributed by atoms with E-state index < -0.39 is 57.4 Å². The molecule has 14 heteroatoms. The third-order valence-corrected chi connectivity index (χ3v) is 15.9. The second-order valence-electron chi connectivity index (χ2n) is 17.2. The maximum atomic E-state index is 14.6. The number of halogens is 4. The van der Waals surface area contributed by atoms with Gasteiger partial charge < -0.3 is 9.47 Å². The summed E-state index contributed by atoms with van der Waals surface area (Å²) in [6, 6.07) is 14.9. The lowest BCUT2D eigenvalue weighted by Gasteiger charge is -2.44. The fourth-order valence-corrected chi connectivity index (χ4v) is 13.1. The molecule has 8 nitrogen and oxygen atoms in total. The van der Waals surface area contributed by atoms with Gasteiger partial charge in [-0.15, -0.1) is 22.7 Å². The number of nitrogens with zero attached hydrogens (tertiary/aromatic N) is 4. The Hall–Kier alpha value is -7.36. The first-order valence-corrected chi connectivity index (χ1v) is 23.0. The van der Waals surface area contributed by atoms with E-state index in [1.807, 2.05) is 36.4 Å². The number of carbonyl (C=O) groups is 2. The van der Waals surface area contributed by atoms with Crippen LogP contribution in [-0.4, -0.2) is 11.6 Å². The minimum Gasteiger partial charge on any atom is -0.482 e. The number of Topliss-reactive ketones (excluding diaryl/α,β-unsaturated/α-hetero) is 2. The van der Waals surface area contributed by atoms with E-state index in [-0.39, 0.29) is 44.5 Å². The normalized spacial score (nSPS) is 20.7. The van der Waals surface area contributed by atoms with E-state index >= 15 is 0 Å². The van der Waals surface area contributed by atoms with Crippen LogP contribution in [0.15, 0.2) is 71.1 Å². The number of ketones is 2. The molecule has 5 aromatic rings. The third kappa shape index (κ3) is 6.02. The summed E-state index contributed by atoms with van der Waals surface area (Å²) in [5, 5.41) is 19.8. The Labute approximate surface area is 383 Å². The standard InChI is InChI=1S/C52H30F4N4O4S2/c1-59-41(23-57)45-27-17-37(53)39(55)19-29(27)47(61)33(45)13-25-15-35-49(65-25)31-21-44-32(22-43(31)63-51(35)9-5-3-6-10-51)50-36(52(64-44)11-7-4-8-12-52)16-26(66-50)14-34-46(42(24-58)60-2)28-18-38(54)40(56)20-30(28)48(34)62/h13-22H,3-12H2/b33-13-,34-14-,45-41+,46-42?. The number of rotatable bonds is 2. The van der Waals surface area contributed by atoms with E-state index in [0.29, 0.717) is 46.9 Å². The highest BCUT2D eigenvalue weighted by Crippen LogP contribution is 2.61. The average molecular weight is 915 g/mol. The second-order valence-corrected chi connectivity index (χ2v) is 19.4. The van der Waals surface area contributed by atoms with E-state index in [0.717, 1.165) is 94.8 Å². The predicted molar refractivity (Wildman–Crippen MR) is 239 cm³/mol. The Balaban J connectivity index is 1.07. The maximum absolute atomic E-state index is 14.6. The Kier molecular flexibility index (Phi) is 9.46. The number of ether oxygens (including phenoxy) is 2. The zero-order chi connectivity index (χ0) is 45.8. The summed E-state index contributed by atoms with van der Waals surface area (Å²) in [5.41, 5.74) is 0.747. The van der Waals surface area contributed by atoms with E-state index in [4.69, 9.17) is 22.6 Å². The van der Waals surface area contributed by atoms with Crippen molar-refractivity contribution in [1.29, 1.82) is 10.5 Å². The zero-order valence-corrected chi connectivity index (χ0v) is 36.2. The van der Waals surface area contributed by atoms with Crippen LogP contribution in [0, 0.1) is 59.1 Å². The SMILES string of the molecule is [C-]#[N+]C(C#N)=C1/C(=C/c2cc3c(s2)-c2cc4c(cc2OC32CCCCC2)-c2sc(/C=C3\C(=O)c5cc(F)c(F)cc5\C3=C(\C#N)[N+]#[C-])cc2C2(CCCCC2)O4)C(=O)c2cc(F)c(F)cc21. The molecular formula is C52H30F4N4O4S2. The van der Waals surface area contributed by atoms with Crippen LogP contribution >= 0.6 is 22.7 Å². The fraction of sp³-hybridized carbons (Fsp3) is 0.231. The summed E-state index contributed by atoms with van der Waals surface area (Å²) in [7, 11) is 0. The van der Waals surface area contributed by atoms with Gasteiger partial charge in [-0.1, -0.05) is 12.8 Å². The topological polar surface area (TPSA) is 109 Å². The monoisotopic (exact) mass is 914 g/mol. The van der Waals surface area contributed by atoms with Gasteiger partial charge in [0.15, 0.2) is 34.8 Å². The smallest absolute Gasteiger partial charge is 0.270 e. The molecule has 0 atom stereocenters. The van der Waals surface area contributed by atoms with Crippen LogP contribution in [0.3, 0.4) is 0 Å². The second kappa shape index (κ2) is 15.1. The quantitative estimate of drug-likeness (QED) is 0.0755. The molecular weight excluding hydrogens is 885 g/mol. The highest BCUT2D eigenvalue weighted by molar-refractivity contribution is 7.17. The number of fused-ring (bicyclic) bond motifs is 10. The molecule has 0 bridgehead atoms. The highest BCUT2D eigenvalue weighted by atomic mass is 32.1. The number of allylic oxidation sites excluding steroid dienone is 6. The summed E-state index contributed by atoms with van der Waals surface area (Å²) in [6.45, 7) is 15.4. The van der Waals surface area contributed by atoms with Crippen molar-refractivity contribution in [2.24, 2.45) is 0 Å². The van der Waals surface area contributed by atoms with Gasteiger partial charge in [0.05, 0.1) is 25.3 Å². The van der Waals surface area contributed by atoms with Crippen molar-refractivity contribution in [3.63, 3.8) is 0 Å². The van der Waals surface area contributed by atoms with Crippen LogP contribution in [0.25, 0.3) is 53.9 Å². The molecule has 0 saturated heterocycles. The molecule has 0 unspecified atom stereocenters. The molecule has 66 heavy (non-hydrogen) atoms. The fourth-order valence-electron chi connectivity index (χ4n) is 10.7. The van der Waals surface area contributed by atoms with Crippen LogP contribution in [0.5, 0.6) is 11.5 Å². The molecule has 2 fully saturated rings. The lowest BCUT2D eigenvalue weighted by atomic mass is 9.76. The van der Waals surface area contributed by atoms with Crippen LogP contribution in [0.4, 0.5) is 17.6 Å². The molecule has 322 valence electrons. The lowest BCUT2D eigenvalue weighted by Crippen LogP contribution is -2.38. The Morgan fingerprint density at radius 3 is 1.27 bits per heavy atom. The largest absolute Gasteiger partial charge is 0.482 e. The molecule has 2 saturated carbocycles. The van der Waals surface area contributed by atoms with E-state index in [2.05, 4.69) is 9.69 Å². The van der Waals surface area contributed by atoms with Gasteiger partial charge in [-0.05, 0) is 123 Å². The van der Waals surface area contributed by atoms with Crippen molar-refractivity contribution in [2.45, 2.75) is 75.4 Å². The van der Waals surface area contributed by atoms with E-state index in [9.17, 15) is 37.7 Å². The van der Waals surface area contributed by atoms with Crippen LogP contribution < -0.4 is 9.47 Å². The highest BCUT2D eigenvalue weighted by Gasteiger charge is 2.47. The molecule has 11 rings (SSSR count). The van der Waals surface area contributed by atoms with Gasteiger partial charge in [0.2, 0.25) is 0 Å². The third-order valence-electron chi connectivity index (χ3n) is 13.6. The Morgan fingerprint density at radius 2 is 0.924 bits per heavy atom. The van der Waals surface area contributed by atoms with E-state index in [1.54, 1.807) is 12.2 Å². The van der Waals surface area contributed by atoms with Crippen molar-refractivity contribution < 1.29 is 36.6 Å². The Bertz CT molecular complexity index is 3160. The van der Waals surface area contributed by atoms with Gasteiger partial charge in [0.1, 0.15) is 22.7 Å². The molecule has 4 heterocycles. The van der Waals surface area contributed by atoms with Crippen molar-refractivity contribution in [3.8, 4) is 44.5 Å². The summed E-state index contributed by atoms with van der Waals surface area (Å²) in [4.78, 5) is 37.5. The summed E-state index contributed by atoms with van der Waals surface area (Å²) in [6.07, 6.45) is 11.7. The number of nitriles is 2. The van der Waals surface area contributed by atoms with Crippen LogP contribution in [0.1, 0.15) is 117 Å². The first kappa shape index (κ1) is 41.4. The van der Waals surface area contributed by atoms with E-state index in [1.165, 1.54) is 22.7 Å². The Morgan fingerprint density at radius 1 is 0.561 bits per heavy atom. The van der Waals surface area contributed by atoms with Gasteiger partial charge in [-0.2, -0.15) is 0 Å². The molecule has 0 radical (unpaired) electrons. The number of hydrogen-bond acceptors (Lipinski definition) is 8. The number of benzene rings is 3. The van der Waals surface area contributed by atoms with Crippen molar-refractivity contribution in [1.82, 2.24) is 0 Å². The van der Waals surface area contributed by atoms with Gasteiger partial charge in [-0.25, -0.2) is 37.8 Å². The minimum absolute atomic E-state index is 0.00736. The summed E-state index contributed by atoms with van der Waals surface area (Å²) >= 11 is 2.82. The number of carbonyl (C=O) groups excluding carboxylic acids is 2. The van der Waals surface area contributed by atoms with Gasteiger partial charge in [0, 0.05) is 75.2 Å². The maximum Gasteiger partial charge on any atom is 0.270 e. The van der Waals surface area contributed by atoms with Gasteiger partial charge in [-0.3, -0.25) is 9.59 Å². The van der Waals surface area contributed by atoms with Crippen LogP contribution in [-0.2, 0) is 11.2 Å². The number of hydrogen-bond donors (Lipinski definition) is 0. The minimum atomic E-state index is -1.21. The molecule has 2 spiro atoms. The molecule has 0 amide bonds. The molecule has 3 aromatic carbocycles. The summed E-state index contributed by atoms with van der Waals surface area (Å²) < 4.78 is 72.4. The zero-order valence-electron chi connectivity index (χ0n) is 34.6. The van der Waals surface area contributed by atoms with Crippen molar-refractivity contribution in [3.05, 3.63) is 160 Å². The molecule has 2 aromatic heterocycles.